The summed E-state index contributed by atoms with van der Waals surface area (Å²) < 4.78 is 26.8. The van der Waals surface area contributed by atoms with Gasteiger partial charge in [0.05, 0.1) is 20.6 Å². The Kier molecular flexibility index (Phi) is 4.69. The number of aromatic carboxylic acids is 1. The fraction of sp³-hybridized carbons (Fsp3) is 0. The smallest absolute Gasteiger partial charge is 0.337 e. The second-order valence-electron chi connectivity index (χ2n) is 3.79. The van der Waals surface area contributed by atoms with Crippen molar-refractivity contribution in [3.8, 4) is 0 Å². The number of carboxylic acids is 1. The van der Waals surface area contributed by atoms with Crippen LogP contribution >= 0.6 is 46.1 Å². The van der Waals surface area contributed by atoms with Crippen molar-refractivity contribution >= 4 is 67.8 Å². The van der Waals surface area contributed by atoms with Gasteiger partial charge in [0, 0.05) is 0 Å². The SMILES string of the molecule is O=C(O)c1ccc(NS(=O)(=O)c2cc(Cl)sc2Cl)cc1Cl. The summed E-state index contributed by atoms with van der Waals surface area (Å²) in [6.45, 7) is 0. The van der Waals surface area contributed by atoms with Crippen molar-refractivity contribution in [2.24, 2.45) is 0 Å². The zero-order valence-corrected chi connectivity index (χ0v) is 13.8. The Bertz CT molecular complexity index is 817. The van der Waals surface area contributed by atoms with E-state index in [0.29, 0.717) is 0 Å². The van der Waals surface area contributed by atoms with Crippen LogP contribution in [-0.4, -0.2) is 19.5 Å². The first kappa shape index (κ1) is 16.4. The van der Waals surface area contributed by atoms with Crippen LogP contribution in [0.4, 0.5) is 5.69 Å². The molecule has 0 saturated carbocycles. The summed E-state index contributed by atoms with van der Waals surface area (Å²) in [5, 5.41) is 8.77. The monoisotopic (exact) mass is 385 g/mol. The van der Waals surface area contributed by atoms with E-state index in [-0.39, 0.29) is 29.8 Å². The lowest BCUT2D eigenvalue weighted by Gasteiger charge is -2.08. The van der Waals surface area contributed by atoms with Crippen molar-refractivity contribution in [3.63, 3.8) is 0 Å². The molecular weight excluding hydrogens is 381 g/mol. The molecule has 0 fully saturated rings. The van der Waals surface area contributed by atoms with Crippen LogP contribution in [0.25, 0.3) is 0 Å². The fourth-order valence-electron chi connectivity index (χ4n) is 1.47. The molecule has 1 aromatic carbocycles. The number of nitrogens with one attached hydrogen (secondary N) is 1. The van der Waals surface area contributed by atoms with Gasteiger partial charge in [-0.2, -0.15) is 0 Å². The van der Waals surface area contributed by atoms with Crippen molar-refractivity contribution in [1.82, 2.24) is 0 Å². The number of carboxylic acid groups (broad SMARTS) is 1. The average Bonchev–Trinajstić information content (AvgIpc) is 2.68. The number of hydrogen-bond acceptors (Lipinski definition) is 4. The van der Waals surface area contributed by atoms with E-state index in [2.05, 4.69) is 4.72 Å². The van der Waals surface area contributed by atoms with Gasteiger partial charge in [-0.25, -0.2) is 13.2 Å². The summed E-state index contributed by atoms with van der Waals surface area (Å²) in [5.74, 6) is -1.21. The molecule has 0 radical (unpaired) electrons. The zero-order chi connectivity index (χ0) is 15.8. The summed E-state index contributed by atoms with van der Waals surface area (Å²) in [6.07, 6.45) is 0. The summed E-state index contributed by atoms with van der Waals surface area (Å²) in [6, 6.07) is 4.91. The van der Waals surface area contributed by atoms with E-state index in [9.17, 15) is 13.2 Å². The predicted molar refractivity (Wildman–Crippen MR) is 83.6 cm³/mol. The number of benzene rings is 1. The van der Waals surface area contributed by atoms with E-state index in [0.717, 1.165) is 11.3 Å². The summed E-state index contributed by atoms with van der Waals surface area (Å²) >= 11 is 18.2. The number of hydrogen-bond donors (Lipinski definition) is 2. The van der Waals surface area contributed by atoms with Gasteiger partial charge in [0.25, 0.3) is 10.0 Å². The maximum Gasteiger partial charge on any atom is 0.337 e. The molecule has 0 aliphatic rings. The van der Waals surface area contributed by atoms with Crippen molar-refractivity contribution in [3.05, 3.63) is 43.5 Å². The molecule has 1 heterocycles. The topological polar surface area (TPSA) is 83.5 Å². The highest BCUT2D eigenvalue weighted by molar-refractivity contribution is 7.93. The first-order valence-electron chi connectivity index (χ1n) is 5.21. The van der Waals surface area contributed by atoms with E-state index in [1.807, 2.05) is 0 Å². The highest BCUT2D eigenvalue weighted by Gasteiger charge is 2.21. The van der Waals surface area contributed by atoms with E-state index in [1.165, 1.54) is 24.3 Å². The molecule has 10 heteroatoms. The maximum absolute atomic E-state index is 12.2. The van der Waals surface area contributed by atoms with Gasteiger partial charge in [-0.15, -0.1) is 11.3 Å². The molecule has 2 rings (SSSR count). The van der Waals surface area contributed by atoms with Crippen LogP contribution in [0.3, 0.4) is 0 Å². The molecule has 5 nitrogen and oxygen atoms in total. The fourth-order valence-corrected chi connectivity index (χ4v) is 4.93. The van der Waals surface area contributed by atoms with Crippen LogP contribution in [0.1, 0.15) is 10.4 Å². The van der Waals surface area contributed by atoms with Gasteiger partial charge in [0.2, 0.25) is 0 Å². The number of anilines is 1. The van der Waals surface area contributed by atoms with Crippen LogP contribution in [0.5, 0.6) is 0 Å². The highest BCUT2D eigenvalue weighted by atomic mass is 35.5. The normalized spacial score (nSPS) is 11.4. The lowest BCUT2D eigenvalue weighted by molar-refractivity contribution is 0.0697. The summed E-state index contributed by atoms with van der Waals surface area (Å²) in [5.41, 5.74) is -0.0142. The average molecular weight is 387 g/mol. The van der Waals surface area contributed by atoms with Gasteiger partial charge < -0.3 is 5.11 Å². The number of carbonyl (C=O) groups is 1. The predicted octanol–water partition coefficient (Wildman–Crippen LogP) is 4.21. The number of halogens is 3. The Morgan fingerprint density at radius 2 is 1.86 bits per heavy atom. The second-order valence-corrected chi connectivity index (χ2v) is 8.14. The van der Waals surface area contributed by atoms with Crippen molar-refractivity contribution in [1.29, 1.82) is 0 Å². The number of sulfonamides is 1. The number of rotatable bonds is 4. The minimum atomic E-state index is -3.94. The van der Waals surface area contributed by atoms with Crippen molar-refractivity contribution in [2.45, 2.75) is 4.90 Å². The first-order chi connectivity index (χ1) is 9.70. The Hall–Kier alpha value is -0.990. The molecule has 0 amide bonds. The van der Waals surface area contributed by atoms with E-state index in [1.54, 1.807) is 0 Å². The molecule has 2 aromatic rings. The van der Waals surface area contributed by atoms with Gasteiger partial charge in [0.1, 0.15) is 9.23 Å². The Balaban J connectivity index is 2.35. The third kappa shape index (κ3) is 3.61. The lowest BCUT2D eigenvalue weighted by atomic mass is 10.2. The quantitative estimate of drug-likeness (QED) is 0.824. The molecular formula is C11H6Cl3NO4S2. The first-order valence-corrected chi connectivity index (χ1v) is 8.64. The van der Waals surface area contributed by atoms with Crippen LogP contribution in [-0.2, 0) is 10.0 Å². The third-order valence-corrected chi connectivity index (χ3v) is 5.81. The molecule has 0 aliphatic heterocycles. The summed E-state index contributed by atoms with van der Waals surface area (Å²) in [4.78, 5) is 10.7. The summed E-state index contributed by atoms with van der Waals surface area (Å²) in [7, 11) is -3.94. The molecule has 1 aromatic heterocycles. The molecule has 0 aliphatic carbocycles. The van der Waals surface area contributed by atoms with E-state index >= 15 is 0 Å². The van der Waals surface area contributed by atoms with Gasteiger partial charge in [-0.05, 0) is 24.3 Å². The van der Waals surface area contributed by atoms with E-state index < -0.39 is 16.0 Å². The molecule has 112 valence electrons. The molecule has 21 heavy (non-hydrogen) atoms. The molecule has 2 N–H and O–H groups in total. The van der Waals surface area contributed by atoms with Gasteiger partial charge in [-0.1, -0.05) is 34.8 Å². The Labute approximate surface area is 139 Å². The van der Waals surface area contributed by atoms with Gasteiger partial charge >= 0.3 is 5.97 Å². The Morgan fingerprint density at radius 3 is 2.33 bits per heavy atom. The third-order valence-electron chi connectivity index (χ3n) is 2.37. The second kappa shape index (κ2) is 6.02. The standard InChI is InChI=1S/C11H6Cl3NO4S2/c12-7-3-5(1-2-6(7)11(16)17)15-21(18,19)8-4-9(13)20-10(8)14/h1-4,15H,(H,16,17). The van der Waals surface area contributed by atoms with E-state index in [4.69, 9.17) is 39.9 Å². The molecule has 0 atom stereocenters. The van der Waals surface area contributed by atoms with Crippen LogP contribution in [0.2, 0.25) is 13.7 Å². The molecule has 0 unspecified atom stereocenters. The van der Waals surface area contributed by atoms with Crippen LogP contribution in [0.15, 0.2) is 29.2 Å². The molecule has 0 spiro atoms. The minimum absolute atomic E-state index is 0.0285. The maximum atomic E-state index is 12.2. The number of thiophene rings is 1. The molecule has 0 bridgehead atoms. The largest absolute Gasteiger partial charge is 0.478 e. The van der Waals surface area contributed by atoms with Crippen LogP contribution < -0.4 is 4.72 Å². The van der Waals surface area contributed by atoms with Crippen molar-refractivity contribution < 1.29 is 18.3 Å². The van der Waals surface area contributed by atoms with Crippen LogP contribution in [0, 0.1) is 0 Å². The van der Waals surface area contributed by atoms with Gasteiger partial charge in [0.15, 0.2) is 0 Å². The zero-order valence-electron chi connectivity index (χ0n) is 9.93. The van der Waals surface area contributed by atoms with Crippen molar-refractivity contribution in [2.75, 3.05) is 4.72 Å². The molecule has 0 saturated heterocycles. The minimum Gasteiger partial charge on any atom is -0.478 e. The highest BCUT2D eigenvalue weighted by Crippen LogP contribution is 2.35. The van der Waals surface area contributed by atoms with Gasteiger partial charge in [-0.3, -0.25) is 4.72 Å². The Morgan fingerprint density at radius 1 is 1.19 bits per heavy atom. The lowest BCUT2D eigenvalue weighted by Crippen LogP contribution is -2.12.